The first-order chi connectivity index (χ1) is 9.95. The highest BCUT2D eigenvalue weighted by Gasteiger charge is 2.23. The Labute approximate surface area is 126 Å². The second-order valence-corrected chi connectivity index (χ2v) is 5.60. The predicted octanol–water partition coefficient (Wildman–Crippen LogP) is 4.41. The largest absolute Gasteiger partial charge is 0.423 e. The van der Waals surface area contributed by atoms with E-state index in [1.165, 1.54) is 17.2 Å². The van der Waals surface area contributed by atoms with Crippen LogP contribution in [0.3, 0.4) is 0 Å². The second-order valence-electron chi connectivity index (χ2n) is 5.60. The van der Waals surface area contributed by atoms with Gasteiger partial charge in [0.2, 0.25) is 0 Å². The van der Waals surface area contributed by atoms with Gasteiger partial charge in [-0.05, 0) is 29.7 Å². The van der Waals surface area contributed by atoms with Crippen molar-refractivity contribution in [2.24, 2.45) is 0 Å². The molecule has 0 aromatic heterocycles. The van der Waals surface area contributed by atoms with Gasteiger partial charge in [-0.1, -0.05) is 62.9 Å². The van der Waals surface area contributed by atoms with Gasteiger partial charge in [0, 0.05) is 11.5 Å². The Morgan fingerprint density at radius 1 is 1.10 bits per heavy atom. The summed E-state index contributed by atoms with van der Waals surface area (Å²) in [6.45, 7) is 9.72. The average molecular weight is 280 g/mol. The molecule has 0 heterocycles. The van der Waals surface area contributed by atoms with Crippen molar-refractivity contribution in [3.05, 3.63) is 77.9 Å². The Kier molecular flexibility index (Phi) is 4.27. The lowest BCUT2D eigenvalue weighted by Crippen LogP contribution is -2.19. The van der Waals surface area contributed by atoms with Gasteiger partial charge in [0.1, 0.15) is 5.75 Å². The maximum absolute atomic E-state index is 11.3. The summed E-state index contributed by atoms with van der Waals surface area (Å²) in [5, 5.41) is 0. The van der Waals surface area contributed by atoms with E-state index in [0.29, 0.717) is 5.75 Å². The Morgan fingerprint density at radius 3 is 2.33 bits per heavy atom. The summed E-state index contributed by atoms with van der Waals surface area (Å²) in [5.41, 5.74) is 3.27. The number of aryl methyl sites for hydroxylation is 1. The number of benzene rings is 2. The van der Waals surface area contributed by atoms with E-state index < -0.39 is 5.97 Å². The van der Waals surface area contributed by atoms with Gasteiger partial charge in [-0.2, -0.15) is 0 Å². The van der Waals surface area contributed by atoms with Crippen molar-refractivity contribution in [2.75, 3.05) is 0 Å². The van der Waals surface area contributed by atoms with E-state index in [0.717, 1.165) is 5.56 Å². The fraction of sp³-hybridized carbons (Fsp3) is 0.211. The summed E-state index contributed by atoms with van der Waals surface area (Å²) in [6.07, 6.45) is 1.17. The van der Waals surface area contributed by atoms with Gasteiger partial charge in [0.15, 0.2) is 0 Å². The molecule has 0 N–H and O–H groups in total. The summed E-state index contributed by atoms with van der Waals surface area (Å²) >= 11 is 0. The summed E-state index contributed by atoms with van der Waals surface area (Å²) in [4.78, 5) is 11.3. The zero-order valence-corrected chi connectivity index (χ0v) is 12.7. The summed E-state index contributed by atoms with van der Waals surface area (Å²) in [7, 11) is 0. The molecule has 0 atom stereocenters. The fourth-order valence-corrected chi connectivity index (χ4v) is 2.32. The Hall–Kier alpha value is -2.35. The molecule has 0 aliphatic heterocycles. The molecule has 0 saturated heterocycles. The highest BCUT2D eigenvalue weighted by molar-refractivity contribution is 5.83. The van der Waals surface area contributed by atoms with E-state index in [1.54, 1.807) is 0 Å². The minimum atomic E-state index is -0.437. The van der Waals surface area contributed by atoms with Gasteiger partial charge in [-0.25, -0.2) is 4.79 Å². The van der Waals surface area contributed by atoms with E-state index in [4.69, 9.17) is 4.74 Å². The van der Waals surface area contributed by atoms with Crippen LogP contribution in [0.2, 0.25) is 0 Å². The van der Waals surface area contributed by atoms with Crippen molar-refractivity contribution >= 4 is 5.97 Å². The molecular weight excluding hydrogens is 260 g/mol. The summed E-state index contributed by atoms with van der Waals surface area (Å²) < 4.78 is 5.21. The summed E-state index contributed by atoms with van der Waals surface area (Å²) in [5.74, 6) is 0.140. The van der Waals surface area contributed by atoms with Crippen molar-refractivity contribution < 1.29 is 9.53 Å². The molecule has 2 aromatic carbocycles. The zero-order chi connectivity index (χ0) is 15.5. The third kappa shape index (κ3) is 3.22. The standard InChI is InChI=1S/C19H20O2/c1-5-18(20)21-17-12-11-16(13-14(17)2)19(3,4)15-9-7-6-8-10-15/h5-13H,1H2,2-4H3. The van der Waals surface area contributed by atoms with Crippen molar-refractivity contribution in [1.82, 2.24) is 0 Å². The SMILES string of the molecule is C=CC(=O)Oc1ccc(C(C)(C)c2ccccc2)cc1C. The van der Waals surface area contributed by atoms with E-state index >= 15 is 0 Å². The van der Waals surface area contributed by atoms with Crippen molar-refractivity contribution in [3.8, 4) is 5.75 Å². The van der Waals surface area contributed by atoms with Crippen LogP contribution in [0.25, 0.3) is 0 Å². The summed E-state index contributed by atoms with van der Waals surface area (Å²) in [6, 6.07) is 16.3. The van der Waals surface area contributed by atoms with Crippen LogP contribution in [0.4, 0.5) is 0 Å². The van der Waals surface area contributed by atoms with Crippen LogP contribution >= 0.6 is 0 Å². The molecule has 0 aliphatic rings. The van der Waals surface area contributed by atoms with Gasteiger partial charge in [-0.3, -0.25) is 0 Å². The molecule has 2 heteroatoms. The first kappa shape index (κ1) is 15.0. The molecule has 2 aromatic rings. The first-order valence-electron chi connectivity index (χ1n) is 6.96. The minimum Gasteiger partial charge on any atom is -0.423 e. The first-order valence-corrected chi connectivity index (χ1v) is 6.96. The smallest absolute Gasteiger partial charge is 0.335 e. The van der Waals surface area contributed by atoms with Crippen molar-refractivity contribution in [1.29, 1.82) is 0 Å². The molecular formula is C19H20O2. The minimum absolute atomic E-state index is 0.104. The molecule has 0 saturated carbocycles. The number of ether oxygens (including phenoxy) is 1. The van der Waals surface area contributed by atoms with Crippen LogP contribution in [-0.2, 0) is 10.2 Å². The molecule has 0 fully saturated rings. The number of hydrogen-bond donors (Lipinski definition) is 0. The van der Waals surface area contributed by atoms with Gasteiger partial charge >= 0.3 is 5.97 Å². The van der Waals surface area contributed by atoms with Gasteiger partial charge in [-0.15, -0.1) is 0 Å². The third-order valence-corrected chi connectivity index (χ3v) is 3.77. The Morgan fingerprint density at radius 2 is 1.76 bits per heavy atom. The molecule has 108 valence electrons. The molecule has 0 amide bonds. The Balaban J connectivity index is 2.35. The molecule has 0 unspecified atom stereocenters. The molecule has 0 spiro atoms. The van der Waals surface area contributed by atoms with Crippen molar-refractivity contribution in [2.45, 2.75) is 26.2 Å². The van der Waals surface area contributed by atoms with Gasteiger partial charge in [0.25, 0.3) is 0 Å². The maximum atomic E-state index is 11.3. The van der Waals surface area contributed by atoms with Crippen LogP contribution in [0.1, 0.15) is 30.5 Å². The molecule has 0 radical (unpaired) electrons. The van der Waals surface area contributed by atoms with E-state index in [1.807, 2.05) is 37.3 Å². The Bertz CT molecular complexity index is 655. The number of esters is 1. The monoisotopic (exact) mass is 280 g/mol. The predicted molar refractivity (Wildman–Crippen MR) is 85.6 cm³/mol. The quantitative estimate of drug-likeness (QED) is 0.471. The van der Waals surface area contributed by atoms with Crippen LogP contribution in [-0.4, -0.2) is 5.97 Å². The van der Waals surface area contributed by atoms with E-state index in [9.17, 15) is 4.79 Å². The van der Waals surface area contributed by atoms with E-state index in [2.05, 4.69) is 38.6 Å². The van der Waals surface area contributed by atoms with Crippen LogP contribution in [0.5, 0.6) is 5.75 Å². The number of rotatable bonds is 4. The van der Waals surface area contributed by atoms with Crippen LogP contribution in [0, 0.1) is 6.92 Å². The van der Waals surface area contributed by atoms with Gasteiger partial charge < -0.3 is 4.74 Å². The third-order valence-electron chi connectivity index (χ3n) is 3.77. The molecule has 0 aliphatic carbocycles. The maximum Gasteiger partial charge on any atom is 0.335 e. The average Bonchev–Trinajstić information content (AvgIpc) is 2.50. The molecule has 21 heavy (non-hydrogen) atoms. The van der Waals surface area contributed by atoms with Crippen LogP contribution in [0.15, 0.2) is 61.2 Å². The molecule has 0 bridgehead atoms. The van der Waals surface area contributed by atoms with Gasteiger partial charge in [0.05, 0.1) is 0 Å². The van der Waals surface area contributed by atoms with Crippen LogP contribution < -0.4 is 4.74 Å². The lowest BCUT2D eigenvalue weighted by Gasteiger charge is -2.26. The second kappa shape index (κ2) is 5.96. The number of carbonyl (C=O) groups excluding carboxylic acids is 1. The highest BCUT2D eigenvalue weighted by atomic mass is 16.5. The molecule has 2 nitrogen and oxygen atoms in total. The molecule has 2 rings (SSSR count). The van der Waals surface area contributed by atoms with E-state index in [-0.39, 0.29) is 5.41 Å². The van der Waals surface area contributed by atoms with Crippen molar-refractivity contribution in [3.63, 3.8) is 0 Å². The normalized spacial score (nSPS) is 11.0. The fourth-order valence-electron chi connectivity index (χ4n) is 2.32. The lowest BCUT2D eigenvalue weighted by atomic mass is 9.78. The lowest BCUT2D eigenvalue weighted by molar-refractivity contribution is -0.129. The zero-order valence-electron chi connectivity index (χ0n) is 12.7. The number of hydrogen-bond acceptors (Lipinski definition) is 2. The topological polar surface area (TPSA) is 26.3 Å². The number of carbonyl (C=O) groups is 1. The highest BCUT2D eigenvalue weighted by Crippen LogP contribution is 2.33.